The zero-order chi connectivity index (χ0) is 17.1. The van der Waals surface area contributed by atoms with E-state index >= 15 is 0 Å². The summed E-state index contributed by atoms with van der Waals surface area (Å²) in [6, 6.07) is 2.24. The first-order valence-electron chi connectivity index (χ1n) is 8.81. The SMILES string of the molecule is CC[C@H]1CCCCN1C(=O)[C@H](C)OC(=O)c1cc2c(s1)CCSC2. The molecule has 132 valence electrons. The van der Waals surface area contributed by atoms with E-state index in [1.165, 1.54) is 28.2 Å². The Hall–Kier alpha value is -1.01. The first kappa shape index (κ1) is 17.8. The van der Waals surface area contributed by atoms with Crippen molar-refractivity contribution in [2.24, 2.45) is 0 Å². The summed E-state index contributed by atoms with van der Waals surface area (Å²) in [5, 5.41) is 0. The van der Waals surface area contributed by atoms with Crippen LogP contribution < -0.4 is 0 Å². The average molecular weight is 368 g/mol. The van der Waals surface area contributed by atoms with Crippen LogP contribution in [0.3, 0.4) is 0 Å². The molecule has 24 heavy (non-hydrogen) atoms. The zero-order valence-corrected chi connectivity index (χ0v) is 16.0. The normalized spacial score (nSPS) is 21.9. The van der Waals surface area contributed by atoms with Gasteiger partial charge in [0.15, 0.2) is 6.10 Å². The summed E-state index contributed by atoms with van der Waals surface area (Å²) in [4.78, 5) is 28.9. The second-order valence-corrected chi connectivity index (χ2v) is 8.74. The van der Waals surface area contributed by atoms with Crippen LogP contribution >= 0.6 is 23.1 Å². The average Bonchev–Trinajstić information content (AvgIpc) is 3.05. The molecular weight excluding hydrogens is 342 g/mol. The fraction of sp³-hybridized carbons (Fsp3) is 0.667. The predicted octanol–water partition coefficient (Wildman–Crippen LogP) is 3.87. The molecule has 0 aromatic carbocycles. The lowest BCUT2D eigenvalue weighted by Gasteiger charge is -2.36. The number of rotatable bonds is 4. The Balaban J connectivity index is 1.63. The van der Waals surface area contributed by atoms with Gasteiger partial charge in [0.05, 0.1) is 0 Å². The molecular formula is C18H25NO3S2. The molecule has 2 aliphatic rings. The van der Waals surface area contributed by atoms with Crippen LogP contribution in [0.1, 0.15) is 59.6 Å². The van der Waals surface area contributed by atoms with Crippen LogP contribution in [0.15, 0.2) is 6.07 Å². The van der Waals surface area contributed by atoms with Crippen LogP contribution in [0.5, 0.6) is 0 Å². The number of likely N-dealkylation sites (tertiary alicyclic amines) is 1. The molecule has 0 N–H and O–H groups in total. The quantitative estimate of drug-likeness (QED) is 0.758. The zero-order valence-electron chi connectivity index (χ0n) is 14.4. The van der Waals surface area contributed by atoms with Gasteiger partial charge in [0.25, 0.3) is 5.91 Å². The summed E-state index contributed by atoms with van der Waals surface area (Å²) in [6.07, 6.45) is 4.55. The molecule has 1 aromatic heterocycles. The number of carbonyl (C=O) groups is 2. The van der Waals surface area contributed by atoms with Crippen molar-refractivity contribution in [3.8, 4) is 0 Å². The van der Waals surface area contributed by atoms with Crippen LogP contribution in [-0.2, 0) is 21.7 Å². The topological polar surface area (TPSA) is 46.6 Å². The molecule has 6 heteroatoms. The summed E-state index contributed by atoms with van der Waals surface area (Å²) in [5.41, 5.74) is 1.25. The number of amides is 1. The van der Waals surface area contributed by atoms with E-state index in [9.17, 15) is 9.59 Å². The lowest BCUT2D eigenvalue weighted by Crippen LogP contribution is -2.48. The van der Waals surface area contributed by atoms with E-state index in [-0.39, 0.29) is 11.9 Å². The number of esters is 1. The standard InChI is InChI=1S/C18H25NO3S2/c1-3-14-6-4-5-8-19(14)17(20)12(2)22-18(21)16-10-13-11-23-9-7-15(13)24-16/h10,12,14H,3-9,11H2,1-2H3/t12-,14-/m0/s1. The molecule has 0 bridgehead atoms. The molecule has 1 saturated heterocycles. The van der Waals surface area contributed by atoms with E-state index in [1.54, 1.807) is 6.92 Å². The Morgan fingerprint density at radius 1 is 1.42 bits per heavy atom. The van der Waals surface area contributed by atoms with Gasteiger partial charge < -0.3 is 9.64 Å². The fourth-order valence-corrected chi connectivity index (χ4v) is 5.72. The summed E-state index contributed by atoms with van der Waals surface area (Å²) in [5.74, 6) is 1.68. The number of hydrogen-bond donors (Lipinski definition) is 0. The van der Waals surface area contributed by atoms with Crippen molar-refractivity contribution in [3.05, 3.63) is 21.4 Å². The molecule has 0 unspecified atom stereocenters. The van der Waals surface area contributed by atoms with Gasteiger partial charge in [-0.15, -0.1) is 11.3 Å². The van der Waals surface area contributed by atoms with Gasteiger partial charge in [-0.1, -0.05) is 6.92 Å². The fourth-order valence-electron chi connectivity index (χ4n) is 3.47. The van der Waals surface area contributed by atoms with Crippen molar-refractivity contribution >= 4 is 35.0 Å². The van der Waals surface area contributed by atoms with Crippen molar-refractivity contribution < 1.29 is 14.3 Å². The first-order chi connectivity index (χ1) is 11.6. The first-order valence-corrected chi connectivity index (χ1v) is 10.8. The van der Waals surface area contributed by atoms with Crippen molar-refractivity contribution in [2.45, 2.75) is 63.9 Å². The van der Waals surface area contributed by atoms with Crippen LogP contribution in [-0.4, -0.2) is 41.2 Å². The second kappa shape index (κ2) is 7.91. The Morgan fingerprint density at radius 2 is 2.25 bits per heavy atom. The van der Waals surface area contributed by atoms with Crippen LogP contribution in [0, 0.1) is 0 Å². The number of nitrogens with zero attached hydrogens (tertiary/aromatic N) is 1. The highest BCUT2D eigenvalue weighted by atomic mass is 32.2. The highest BCUT2D eigenvalue weighted by molar-refractivity contribution is 7.98. The van der Waals surface area contributed by atoms with Crippen molar-refractivity contribution in [3.63, 3.8) is 0 Å². The van der Waals surface area contributed by atoms with Crippen molar-refractivity contribution in [2.75, 3.05) is 12.3 Å². The summed E-state index contributed by atoms with van der Waals surface area (Å²) >= 11 is 3.42. The molecule has 3 heterocycles. The molecule has 4 nitrogen and oxygen atoms in total. The number of thioether (sulfide) groups is 1. The molecule has 1 fully saturated rings. The van der Waals surface area contributed by atoms with E-state index in [0.717, 1.165) is 43.7 Å². The number of carbonyl (C=O) groups excluding carboxylic acids is 2. The van der Waals surface area contributed by atoms with Crippen molar-refractivity contribution in [1.82, 2.24) is 4.90 Å². The molecule has 1 aromatic rings. The number of aryl methyl sites for hydroxylation is 1. The highest BCUT2D eigenvalue weighted by Gasteiger charge is 2.31. The molecule has 3 rings (SSSR count). The predicted molar refractivity (Wildman–Crippen MR) is 98.7 cm³/mol. The molecule has 1 amide bonds. The number of thiophene rings is 1. The maximum atomic E-state index is 12.7. The number of piperidine rings is 1. The van der Waals surface area contributed by atoms with Gasteiger partial charge in [-0.2, -0.15) is 11.8 Å². The molecule has 2 atom stereocenters. The molecule has 0 aliphatic carbocycles. The Bertz CT molecular complexity index is 590. The largest absolute Gasteiger partial charge is 0.448 e. The second-order valence-electron chi connectivity index (χ2n) is 6.50. The number of hydrogen-bond acceptors (Lipinski definition) is 5. The Labute approximate surface area is 151 Å². The summed E-state index contributed by atoms with van der Waals surface area (Å²) in [6.45, 7) is 4.59. The van der Waals surface area contributed by atoms with Gasteiger partial charge >= 0.3 is 5.97 Å². The molecule has 0 saturated carbocycles. The van der Waals surface area contributed by atoms with Gasteiger partial charge in [0.1, 0.15) is 4.88 Å². The third kappa shape index (κ3) is 3.80. The monoisotopic (exact) mass is 367 g/mol. The maximum absolute atomic E-state index is 12.7. The van der Waals surface area contributed by atoms with Gasteiger partial charge in [0, 0.05) is 23.2 Å². The number of ether oxygens (including phenoxy) is 1. The van der Waals surface area contributed by atoms with E-state index < -0.39 is 6.10 Å². The van der Waals surface area contributed by atoms with Crippen LogP contribution in [0.25, 0.3) is 0 Å². The van der Waals surface area contributed by atoms with Gasteiger partial charge in [0.2, 0.25) is 0 Å². The minimum Gasteiger partial charge on any atom is -0.448 e. The van der Waals surface area contributed by atoms with Crippen molar-refractivity contribution in [1.29, 1.82) is 0 Å². The smallest absolute Gasteiger partial charge is 0.349 e. The lowest BCUT2D eigenvalue weighted by atomic mass is 9.99. The molecule has 0 radical (unpaired) electrons. The van der Waals surface area contributed by atoms with E-state index in [0.29, 0.717) is 10.9 Å². The summed E-state index contributed by atoms with van der Waals surface area (Å²) in [7, 11) is 0. The summed E-state index contributed by atoms with van der Waals surface area (Å²) < 4.78 is 5.50. The Morgan fingerprint density at radius 3 is 3.00 bits per heavy atom. The third-order valence-electron chi connectivity index (χ3n) is 4.84. The molecule has 2 aliphatic heterocycles. The van der Waals surface area contributed by atoms with Crippen LogP contribution in [0.2, 0.25) is 0 Å². The maximum Gasteiger partial charge on any atom is 0.349 e. The lowest BCUT2D eigenvalue weighted by molar-refractivity contribution is -0.143. The minimum absolute atomic E-state index is 0.0493. The van der Waals surface area contributed by atoms with Gasteiger partial charge in [-0.25, -0.2) is 4.79 Å². The Kier molecular flexibility index (Phi) is 5.87. The van der Waals surface area contributed by atoms with Gasteiger partial charge in [-0.05, 0) is 56.4 Å². The molecule has 0 spiro atoms. The highest BCUT2D eigenvalue weighted by Crippen LogP contribution is 2.32. The minimum atomic E-state index is -0.710. The van der Waals surface area contributed by atoms with Gasteiger partial charge in [-0.3, -0.25) is 4.79 Å². The number of fused-ring (bicyclic) bond motifs is 1. The van der Waals surface area contributed by atoms with E-state index in [4.69, 9.17) is 4.74 Å². The van der Waals surface area contributed by atoms with E-state index in [1.807, 2.05) is 22.7 Å². The van der Waals surface area contributed by atoms with E-state index in [2.05, 4.69) is 6.92 Å². The van der Waals surface area contributed by atoms with Crippen LogP contribution in [0.4, 0.5) is 0 Å². The third-order valence-corrected chi connectivity index (χ3v) is 7.07.